The fraction of sp³-hybridized carbons (Fsp3) is 0.263. The van der Waals surface area contributed by atoms with Gasteiger partial charge in [-0.25, -0.2) is 5.43 Å². The van der Waals surface area contributed by atoms with E-state index in [0.29, 0.717) is 39.8 Å². The highest BCUT2D eigenvalue weighted by molar-refractivity contribution is 6.01. The third-order valence-corrected chi connectivity index (χ3v) is 3.85. The molecule has 1 amide bonds. The van der Waals surface area contributed by atoms with Crippen LogP contribution in [0.3, 0.4) is 0 Å². The average Bonchev–Trinajstić information content (AvgIpc) is 2.70. The van der Waals surface area contributed by atoms with E-state index in [4.69, 9.17) is 18.9 Å². The molecule has 0 radical (unpaired) electrons. The Morgan fingerprint density at radius 3 is 1.96 bits per heavy atom. The first kappa shape index (κ1) is 19.9. The summed E-state index contributed by atoms with van der Waals surface area (Å²) in [7, 11) is 5.89. The quantitative estimate of drug-likeness (QED) is 0.571. The van der Waals surface area contributed by atoms with Crippen LogP contribution in [0.1, 0.15) is 22.8 Å². The van der Waals surface area contributed by atoms with Crippen molar-refractivity contribution in [3.63, 3.8) is 0 Å². The lowest BCUT2D eigenvalue weighted by Crippen LogP contribution is -2.19. The van der Waals surface area contributed by atoms with Crippen molar-refractivity contribution in [2.45, 2.75) is 6.92 Å². The molecular formula is C19H22N2O6. The third-order valence-electron chi connectivity index (χ3n) is 3.85. The van der Waals surface area contributed by atoms with Gasteiger partial charge < -0.3 is 24.1 Å². The maximum Gasteiger partial charge on any atom is 0.271 e. The van der Waals surface area contributed by atoms with Gasteiger partial charge in [-0.2, -0.15) is 5.10 Å². The number of phenols is 1. The number of methoxy groups -OCH3 is 4. The Labute approximate surface area is 157 Å². The number of benzene rings is 2. The van der Waals surface area contributed by atoms with Crippen molar-refractivity contribution in [2.24, 2.45) is 5.10 Å². The lowest BCUT2D eigenvalue weighted by molar-refractivity contribution is 0.0954. The van der Waals surface area contributed by atoms with Crippen LogP contribution < -0.4 is 24.4 Å². The van der Waals surface area contributed by atoms with Crippen molar-refractivity contribution in [1.82, 2.24) is 5.43 Å². The highest BCUT2D eigenvalue weighted by Gasteiger charge is 2.17. The standard InChI is InChI=1S/C19H22N2O6/c1-11(12-6-7-14(22)15(8-12)24-2)20-21-19(23)13-9-16(25-3)18(27-5)17(10-13)26-4/h6-10,22H,1-5H3,(H,21,23)/b20-11-. The van der Waals surface area contributed by atoms with Gasteiger partial charge in [0, 0.05) is 11.1 Å². The molecule has 8 nitrogen and oxygen atoms in total. The number of aromatic hydroxyl groups is 1. The number of carbonyl (C=O) groups is 1. The summed E-state index contributed by atoms with van der Waals surface area (Å²) in [5.41, 5.74) is 4.00. The molecule has 2 N–H and O–H groups in total. The maximum absolute atomic E-state index is 12.5. The fourth-order valence-corrected chi connectivity index (χ4v) is 2.38. The van der Waals surface area contributed by atoms with E-state index in [1.54, 1.807) is 19.1 Å². The van der Waals surface area contributed by atoms with Crippen LogP contribution in [0.4, 0.5) is 0 Å². The molecule has 0 aliphatic carbocycles. The Bertz CT molecular complexity index is 838. The molecule has 0 unspecified atom stereocenters. The van der Waals surface area contributed by atoms with E-state index in [0.717, 1.165) is 0 Å². The van der Waals surface area contributed by atoms with Crippen LogP contribution in [-0.2, 0) is 0 Å². The highest BCUT2D eigenvalue weighted by atomic mass is 16.5. The van der Waals surface area contributed by atoms with E-state index in [9.17, 15) is 9.90 Å². The van der Waals surface area contributed by atoms with Gasteiger partial charge in [0.05, 0.1) is 34.2 Å². The molecule has 0 atom stereocenters. The van der Waals surface area contributed by atoms with Crippen molar-refractivity contribution in [3.8, 4) is 28.7 Å². The van der Waals surface area contributed by atoms with Crippen LogP contribution in [-0.4, -0.2) is 45.2 Å². The summed E-state index contributed by atoms with van der Waals surface area (Å²) in [5.74, 6) is 1.03. The molecule has 0 saturated carbocycles. The lowest BCUT2D eigenvalue weighted by Gasteiger charge is -2.13. The van der Waals surface area contributed by atoms with Crippen LogP contribution in [0.5, 0.6) is 28.7 Å². The van der Waals surface area contributed by atoms with E-state index in [1.807, 2.05) is 0 Å². The summed E-state index contributed by atoms with van der Waals surface area (Å²) in [5, 5.41) is 13.8. The SMILES string of the molecule is COc1cc(/C(C)=N\NC(=O)c2cc(OC)c(OC)c(OC)c2)ccc1O. The van der Waals surface area contributed by atoms with E-state index >= 15 is 0 Å². The monoisotopic (exact) mass is 374 g/mol. The predicted octanol–water partition coefficient (Wildman–Crippen LogP) is 2.58. The summed E-state index contributed by atoms with van der Waals surface area (Å²) in [6, 6.07) is 7.85. The smallest absolute Gasteiger partial charge is 0.271 e. The second-order valence-electron chi connectivity index (χ2n) is 5.44. The van der Waals surface area contributed by atoms with Crippen LogP contribution in [0, 0.1) is 0 Å². The van der Waals surface area contributed by atoms with E-state index in [2.05, 4.69) is 10.5 Å². The van der Waals surface area contributed by atoms with Gasteiger partial charge in [0.15, 0.2) is 23.0 Å². The number of hydrogen-bond donors (Lipinski definition) is 2. The molecule has 0 bridgehead atoms. The van der Waals surface area contributed by atoms with Crippen molar-refractivity contribution in [3.05, 3.63) is 41.5 Å². The number of rotatable bonds is 7. The number of nitrogens with one attached hydrogen (secondary N) is 1. The zero-order chi connectivity index (χ0) is 20.0. The number of amides is 1. The van der Waals surface area contributed by atoms with Gasteiger partial charge in [-0.1, -0.05) is 0 Å². The molecule has 27 heavy (non-hydrogen) atoms. The van der Waals surface area contributed by atoms with Crippen LogP contribution in [0.2, 0.25) is 0 Å². The molecule has 2 aromatic rings. The molecule has 0 heterocycles. The van der Waals surface area contributed by atoms with E-state index in [1.165, 1.54) is 46.6 Å². The molecule has 0 aliphatic rings. The van der Waals surface area contributed by atoms with Gasteiger partial charge in [0.1, 0.15) is 0 Å². The highest BCUT2D eigenvalue weighted by Crippen LogP contribution is 2.38. The van der Waals surface area contributed by atoms with Gasteiger partial charge >= 0.3 is 0 Å². The van der Waals surface area contributed by atoms with Crippen molar-refractivity contribution in [1.29, 1.82) is 0 Å². The third kappa shape index (κ3) is 4.41. The summed E-state index contributed by atoms with van der Waals surface area (Å²) >= 11 is 0. The molecule has 0 aliphatic heterocycles. The lowest BCUT2D eigenvalue weighted by atomic mass is 10.1. The first-order valence-corrected chi connectivity index (χ1v) is 7.97. The topological polar surface area (TPSA) is 98.6 Å². The van der Waals surface area contributed by atoms with Gasteiger partial charge in [-0.05, 0) is 37.3 Å². The second-order valence-corrected chi connectivity index (χ2v) is 5.44. The van der Waals surface area contributed by atoms with Crippen LogP contribution in [0.25, 0.3) is 0 Å². The molecule has 144 valence electrons. The van der Waals surface area contributed by atoms with Crippen LogP contribution in [0.15, 0.2) is 35.4 Å². The Hall–Kier alpha value is -3.42. The Morgan fingerprint density at radius 1 is 0.889 bits per heavy atom. The summed E-state index contributed by atoms with van der Waals surface area (Å²) in [6.07, 6.45) is 0. The molecule has 2 rings (SSSR count). The zero-order valence-electron chi connectivity index (χ0n) is 15.8. The molecule has 8 heteroatoms. The summed E-state index contributed by atoms with van der Waals surface area (Å²) < 4.78 is 20.8. The fourth-order valence-electron chi connectivity index (χ4n) is 2.38. The van der Waals surface area contributed by atoms with Gasteiger partial charge in [-0.15, -0.1) is 0 Å². The Morgan fingerprint density at radius 2 is 1.44 bits per heavy atom. The minimum atomic E-state index is -0.445. The van der Waals surface area contributed by atoms with E-state index in [-0.39, 0.29) is 5.75 Å². The Kier molecular flexibility index (Phi) is 6.48. The average molecular weight is 374 g/mol. The molecule has 0 spiro atoms. The number of hydrazone groups is 1. The minimum absolute atomic E-state index is 0.0236. The number of hydrogen-bond acceptors (Lipinski definition) is 7. The summed E-state index contributed by atoms with van der Waals surface area (Å²) in [4.78, 5) is 12.5. The van der Waals surface area contributed by atoms with E-state index < -0.39 is 5.91 Å². The molecular weight excluding hydrogens is 352 g/mol. The molecule has 0 saturated heterocycles. The number of nitrogens with zero attached hydrogens (tertiary/aromatic N) is 1. The normalized spacial score (nSPS) is 10.9. The van der Waals surface area contributed by atoms with Crippen molar-refractivity contribution in [2.75, 3.05) is 28.4 Å². The molecule has 0 fully saturated rings. The zero-order valence-corrected chi connectivity index (χ0v) is 15.8. The van der Waals surface area contributed by atoms with Gasteiger partial charge in [0.2, 0.25) is 5.75 Å². The number of phenolic OH excluding ortho intramolecular Hbond substituents is 1. The second kappa shape index (κ2) is 8.79. The van der Waals surface area contributed by atoms with Crippen molar-refractivity contribution < 1.29 is 28.8 Å². The van der Waals surface area contributed by atoms with Crippen LogP contribution >= 0.6 is 0 Å². The first-order chi connectivity index (χ1) is 12.9. The predicted molar refractivity (Wildman–Crippen MR) is 100 cm³/mol. The Balaban J connectivity index is 2.25. The summed E-state index contributed by atoms with van der Waals surface area (Å²) in [6.45, 7) is 1.72. The number of ether oxygens (including phenoxy) is 4. The molecule has 2 aromatic carbocycles. The number of carbonyl (C=O) groups excluding carboxylic acids is 1. The first-order valence-electron chi connectivity index (χ1n) is 7.97. The van der Waals surface area contributed by atoms with Gasteiger partial charge in [0.25, 0.3) is 5.91 Å². The minimum Gasteiger partial charge on any atom is -0.504 e. The van der Waals surface area contributed by atoms with Gasteiger partial charge in [-0.3, -0.25) is 4.79 Å². The largest absolute Gasteiger partial charge is 0.504 e. The maximum atomic E-state index is 12.5. The molecule has 0 aromatic heterocycles. The van der Waals surface area contributed by atoms with Crippen molar-refractivity contribution >= 4 is 11.6 Å².